The number of nitrogens with one attached hydrogen (secondary N) is 1. The van der Waals surface area contributed by atoms with Gasteiger partial charge in [-0.2, -0.15) is 0 Å². The van der Waals surface area contributed by atoms with Gasteiger partial charge in [0.2, 0.25) is 0 Å². The molecule has 4 rings (SSSR count). The van der Waals surface area contributed by atoms with Gasteiger partial charge in [-0.3, -0.25) is 9.78 Å². The Hall–Kier alpha value is -2.66. The van der Waals surface area contributed by atoms with Crippen LogP contribution in [0.25, 0.3) is 11.1 Å². The van der Waals surface area contributed by atoms with Gasteiger partial charge in [0.05, 0.1) is 12.2 Å². The van der Waals surface area contributed by atoms with Crippen LogP contribution in [0.3, 0.4) is 0 Å². The lowest BCUT2D eigenvalue weighted by molar-refractivity contribution is 0.0940. The predicted molar refractivity (Wildman–Crippen MR) is 94.5 cm³/mol. The number of benzene rings is 1. The minimum Gasteiger partial charge on any atom is -0.493 e. The minimum absolute atomic E-state index is 0.0366. The lowest BCUT2D eigenvalue weighted by Gasteiger charge is -2.13. The number of rotatable bonds is 4. The van der Waals surface area contributed by atoms with Gasteiger partial charge >= 0.3 is 0 Å². The van der Waals surface area contributed by atoms with Gasteiger partial charge in [-0.25, -0.2) is 0 Å². The van der Waals surface area contributed by atoms with E-state index in [4.69, 9.17) is 4.74 Å². The number of carbonyl (C=O) groups is 1. The Morgan fingerprint density at radius 3 is 3.00 bits per heavy atom. The molecule has 2 aromatic rings. The van der Waals surface area contributed by atoms with E-state index in [1.54, 1.807) is 12.4 Å². The molecule has 128 valence electrons. The summed E-state index contributed by atoms with van der Waals surface area (Å²) in [5.41, 5.74) is 3.68. The van der Waals surface area contributed by atoms with Gasteiger partial charge in [-0.05, 0) is 35.7 Å². The number of hydrogen-bond donors (Lipinski definition) is 2. The molecule has 0 unspecified atom stereocenters. The highest BCUT2D eigenvalue weighted by Gasteiger charge is 2.20. The first kappa shape index (κ1) is 15.8. The first-order valence-electron chi connectivity index (χ1n) is 8.54. The molecule has 5 nitrogen and oxygen atoms in total. The fourth-order valence-electron chi connectivity index (χ4n) is 3.36. The van der Waals surface area contributed by atoms with Crippen molar-refractivity contribution in [1.82, 2.24) is 10.3 Å². The number of hydrogen-bond acceptors (Lipinski definition) is 4. The Kier molecular flexibility index (Phi) is 4.24. The summed E-state index contributed by atoms with van der Waals surface area (Å²) in [5.74, 6) is 0.924. The summed E-state index contributed by atoms with van der Waals surface area (Å²) in [6.07, 6.45) is 8.89. The number of fused-ring (bicyclic) bond motifs is 1. The number of ether oxygens (including phenoxy) is 1. The van der Waals surface area contributed by atoms with Crippen LogP contribution in [0, 0.1) is 5.92 Å². The van der Waals surface area contributed by atoms with Crippen LogP contribution in [-0.4, -0.2) is 35.3 Å². The summed E-state index contributed by atoms with van der Waals surface area (Å²) in [5, 5.41) is 12.2. The monoisotopic (exact) mass is 336 g/mol. The Morgan fingerprint density at radius 1 is 1.24 bits per heavy atom. The largest absolute Gasteiger partial charge is 0.493 e. The highest BCUT2D eigenvalue weighted by atomic mass is 16.5. The molecule has 0 bridgehead atoms. The predicted octanol–water partition coefficient (Wildman–Crippen LogP) is 2.35. The molecule has 0 fully saturated rings. The van der Waals surface area contributed by atoms with Crippen LogP contribution in [-0.2, 0) is 6.42 Å². The van der Waals surface area contributed by atoms with Crippen molar-refractivity contribution in [3.8, 4) is 16.9 Å². The first-order chi connectivity index (χ1) is 12.2. The zero-order valence-electron chi connectivity index (χ0n) is 13.8. The molecule has 1 amide bonds. The standard InChI is InChI=1S/C20H20N2O3/c23-12-13-1-3-18(7-13)22-20(24)17-9-16(10-21-11-17)14-2-4-19-15(8-14)5-6-25-19/h1-4,8-11,13,18,23H,5-7,12H2,(H,22,24)/t13-,18+/m0/s1. The molecule has 1 aliphatic heterocycles. The zero-order chi connectivity index (χ0) is 17.2. The van der Waals surface area contributed by atoms with Crippen LogP contribution in [0.15, 0.2) is 48.8 Å². The Labute approximate surface area is 146 Å². The third-order valence-electron chi connectivity index (χ3n) is 4.75. The second-order valence-corrected chi connectivity index (χ2v) is 6.53. The Bertz CT molecular complexity index is 831. The average Bonchev–Trinajstić information content (AvgIpc) is 3.30. The summed E-state index contributed by atoms with van der Waals surface area (Å²) in [6.45, 7) is 0.838. The molecule has 0 spiro atoms. The minimum atomic E-state index is -0.146. The summed E-state index contributed by atoms with van der Waals surface area (Å²) < 4.78 is 5.54. The lowest BCUT2D eigenvalue weighted by Crippen LogP contribution is -2.33. The smallest absolute Gasteiger partial charge is 0.253 e. The normalized spacial score (nSPS) is 21.0. The van der Waals surface area contributed by atoms with E-state index in [2.05, 4.69) is 16.4 Å². The maximum absolute atomic E-state index is 12.5. The fourth-order valence-corrected chi connectivity index (χ4v) is 3.36. The van der Waals surface area contributed by atoms with Crippen molar-refractivity contribution in [1.29, 1.82) is 0 Å². The van der Waals surface area contributed by atoms with Gasteiger partial charge in [0.1, 0.15) is 5.75 Å². The van der Waals surface area contributed by atoms with Gasteiger partial charge in [-0.15, -0.1) is 0 Å². The van der Waals surface area contributed by atoms with E-state index in [0.29, 0.717) is 5.56 Å². The number of amides is 1. The number of aromatic nitrogens is 1. The number of aliphatic hydroxyl groups is 1. The zero-order valence-corrected chi connectivity index (χ0v) is 13.8. The van der Waals surface area contributed by atoms with E-state index in [1.807, 2.05) is 30.4 Å². The Balaban J connectivity index is 1.51. The van der Waals surface area contributed by atoms with Crippen molar-refractivity contribution < 1.29 is 14.6 Å². The average molecular weight is 336 g/mol. The van der Waals surface area contributed by atoms with Crippen molar-refractivity contribution in [3.63, 3.8) is 0 Å². The summed E-state index contributed by atoms with van der Waals surface area (Å²) in [7, 11) is 0. The fraction of sp³-hybridized carbons (Fsp3) is 0.300. The SMILES string of the molecule is O=C(N[C@@H]1C=C[C@H](CO)C1)c1cncc(-c2ccc3c(c2)CCO3)c1. The van der Waals surface area contributed by atoms with Gasteiger partial charge in [0.15, 0.2) is 0 Å². The molecule has 1 aromatic carbocycles. The second-order valence-electron chi connectivity index (χ2n) is 6.53. The molecule has 2 atom stereocenters. The molecular formula is C20H20N2O3. The van der Waals surface area contributed by atoms with Crippen molar-refractivity contribution in [2.45, 2.75) is 18.9 Å². The molecule has 2 aliphatic rings. The summed E-state index contributed by atoms with van der Waals surface area (Å²) in [4.78, 5) is 16.7. The number of aliphatic hydroxyl groups excluding tert-OH is 1. The molecule has 2 N–H and O–H groups in total. The van der Waals surface area contributed by atoms with Gasteiger partial charge in [0.25, 0.3) is 5.91 Å². The topological polar surface area (TPSA) is 71.5 Å². The maximum atomic E-state index is 12.5. The molecule has 0 saturated carbocycles. The Morgan fingerprint density at radius 2 is 2.16 bits per heavy atom. The summed E-state index contributed by atoms with van der Waals surface area (Å²) >= 11 is 0. The van der Waals surface area contributed by atoms with Crippen LogP contribution in [0.4, 0.5) is 0 Å². The van der Waals surface area contributed by atoms with E-state index >= 15 is 0 Å². The van der Waals surface area contributed by atoms with Crippen molar-refractivity contribution in [2.24, 2.45) is 5.92 Å². The highest BCUT2D eigenvalue weighted by Crippen LogP contribution is 2.30. The quantitative estimate of drug-likeness (QED) is 0.841. The van der Waals surface area contributed by atoms with Gasteiger partial charge in [0, 0.05) is 42.9 Å². The number of nitrogens with zero attached hydrogens (tertiary/aromatic N) is 1. The van der Waals surface area contributed by atoms with Gasteiger partial charge in [-0.1, -0.05) is 18.2 Å². The maximum Gasteiger partial charge on any atom is 0.253 e. The van der Waals surface area contributed by atoms with E-state index in [9.17, 15) is 9.90 Å². The third kappa shape index (κ3) is 3.28. The molecule has 2 heterocycles. The van der Waals surface area contributed by atoms with Crippen LogP contribution in [0.1, 0.15) is 22.3 Å². The molecule has 5 heteroatoms. The lowest BCUT2D eigenvalue weighted by atomic mass is 10.0. The van der Waals surface area contributed by atoms with Crippen molar-refractivity contribution in [3.05, 3.63) is 59.9 Å². The van der Waals surface area contributed by atoms with Crippen LogP contribution < -0.4 is 10.1 Å². The van der Waals surface area contributed by atoms with Crippen molar-refractivity contribution >= 4 is 5.91 Å². The van der Waals surface area contributed by atoms with Crippen LogP contribution in [0.2, 0.25) is 0 Å². The number of pyridine rings is 1. The van der Waals surface area contributed by atoms with E-state index in [1.165, 1.54) is 5.56 Å². The van der Waals surface area contributed by atoms with Gasteiger partial charge < -0.3 is 15.2 Å². The number of carbonyl (C=O) groups excluding carboxylic acids is 1. The van der Waals surface area contributed by atoms with Crippen molar-refractivity contribution in [2.75, 3.05) is 13.2 Å². The molecule has 1 aliphatic carbocycles. The van der Waals surface area contributed by atoms with Crippen LogP contribution in [0.5, 0.6) is 5.75 Å². The highest BCUT2D eigenvalue weighted by molar-refractivity contribution is 5.95. The molecule has 0 saturated heterocycles. The first-order valence-corrected chi connectivity index (χ1v) is 8.54. The molecule has 25 heavy (non-hydrogen) atoms. The molecule has 0 radical (unpaired) electrons. The van der Waals surface area contributed by atoms with Crippen LogP contribution >= 0.6 is 0 Å². The van der Waals surface area contributed by atoms with E-state index in [0.717, 1.165) is 36.3 Å². The second kappa shape index (κ2) is 6.69. The van der Waals surface area contributed by atoms with E-state index < -0.39 is 0 Å². The van der Waals surface area contributed by atoms with E-state index in [-0.39, 0.29) is 24.5 Å². The molecular weight excluding hydrogens is 316 g/mol. The summed E-state index contributed by atoms with van der Waals surface area (Å²) in [6, 6.07) is 7.90. The molecule has 1 aromatic heterocycles. The third-order valence-corrected chi connectivity index (χ3v) is 4.75.